The van der Waals surface area contributed by atoms with Gasteiger partial charge in [-0.3, -0.25) is 0 Å². The number of ether oxygens (including phenoxy) is 1. The summed E-state index contributed by atoms with van der Waals surface area (Å²) in [7, 11) is 1.72. The molecule has 0 aromatic heterocycles. The number of rotatable bonds is 5. The minimum atomic E-state index is 0.757. The van der Waals surface area contributed by atoms with Crippen molar-refractivity contribution in [2.75, 3.05) is 7.11 Å². The monoisotopic (exact) mass is 374 g/mol. The Kier molecular flexibility index (Phi) is 5.25. The Labute approximate surface area is 103 Å². The molecule has 0 aliphatic rings. The third-order valence-corrected chi connectivity index (χ3v) is 3.66. The second-order valence-corrected chi connectivity index (χ2v) is 4.75. The van der Waals surface area contributed by atoms with Crippen molar-refractivity contribution in [3.05, 3.63) is 29.3 Å². The van der Waals surface area contributed by atoms with Gasteiger partial charge in [0, 0.05) is 0 Å². The van der Waals surface area contributed by atoms with Crippen LogP contribution in [0.4, 0.5) is 0 Å². The second-order valence-electron chi connectivity index (χ2n) is 3.90. The van der Waals surface area contributed by atoms with E-state index in [9.17, 15) is 0 Å². The summed E-state index contributed by atoms with van der Waals surface area (Å²) in [6, 6.07) is 6.38. The molecular weight excluding hydrogens is 356 g/mol. The Morgan fingerprint density at radius 2 is 2.20 bits per heavy atom. The van der Waals surface area contributed by atoms with E-state index in [2.05, 4.69) is 36.4 Å². The average molecular weight is 374 g/mol. The summed E-state index contributed by atoms with van der Waals surface area (Å²) < 4.78 is 7.47. The zero-order valence-corrected chi connectivity index (χ0v) is 12.6. The maximum absolute atomic E-state index is 5.23. The van der Waals surface area contributed by atoms with Gasteiger partial charge in [0.05, 0.1) is 0 Å². The van der Waals surface area contributed by atoms with Crippen molar-refractivity contribution in [1.29, 1.82) is 0 Å². The quantitative estimate of drug-likeness (QED) is 0.770. The summed E-state index contributed by atoms with van der Waals surface area (Å²) in [6.07, 6.45) is 2.40. The first-order chi connectivity index (χ1) is 7.21. The van der Waals surface area contributed by atoms with Gasteiger partial charge in [0.15, 0.2) is 0 Å². The summed E-state index contributed by atoms with van der Waals surface area (Å²) >= 11 is 1.49. The van der Waals surface area contributed by atoms with E-state index < -0.39 is 0 Å². The van der Waals surface area contributed by atoms with E-state index in [0.717, 1.165) is 11.7 Å². The molecule has 15 heavy (non-hydrogen) atoms. The standard InChI is InChI=1S/C13H18O.W/c1-5-10(2)8-12-6-7-13(14-4)9-11(12)3;/h3,6-7,9-10H,5,8H2,1-2,4H3;. The molecule has 0 saturated carbocycles. The molecule has 82 valence electrons. The Hall–Kier alpha value is -0.422. The first-order valence-electron chi connectivity index (χ1n) is 5.33. The van der Waals surface area contributed by atoms with Crippen LogP contribution in [0.1, 0.15) is 31.4 Å². The summed E-state index contributed by atoms with van der Waals surface area (Å²) in [4.78, 5) is 0. The fourth-order valence-electron chi connectivity index (χ4n) is 1.52. The molecule has 0 spiro atoms. The Bertz CT molecular complexity index is 333. The number of hydrogen-bond acceptors (Lipinski definition) is 1. The molecule has 1 nitrogen and oxygen atoms in total. The van der Waals surface area contributed by atoms with Gasteiger partial charge in [0.1, 0.15) is 0 Å². The van der Waals surface area contributed by atoms with Gasteiger partial charge in [-0.2, -0.15) is 0 Å². The molecule has 1 atom stereocenters. The molecule has 0 fully saturated rings. The molecule has 0 aliphatic heterocycles. The predicted molar refractivity (Wildman–Crippen MR) is 61.3 cm³/mol. The maximum atomic E-state index is 5.23. The van der Waals surface area contributed by atoms with Gasteiger partial charge in [-0.1, -0.05) is 0 Å². The molecule has 0 amide bonds. The van der Waals surface area contributed by atoms with E-state index in [1.807, 2.05) is 0 Å². The molecule has 0 saturated heterocycles. The van der Waals surface area contributed by atoms with Gasteiger partial charge in [-0.25, -0.2) is 0 Å². The fraction of sp³-hybridized carbons (Fsp3) is 0.462. The van der Waals surface area contributed by atoms with Gasteiger partial charge in [0.2, 0.25) is 0 Å². The van der Waals surface area contributed by atoms with Crippen LogP contribution in [0.25, 0.3) is 0 Å². The van der Waals surface area contributed by atoms with Crippen LogP contribution >= 0.6 is 0 Å². The zero-order chi connectivity index (χ0) is 11.3. The van der Waals surface area contributed by atoms with E-state index in [4.69, 9.17) is 4.74 Å². The number of hydrogen-bond donors (Lipinski definition) is 0. The number of benzene rings is 1. The van der Waals surface area contributed by atoms with E-state index in [1.165, 1.54) is 43.3 Å². The molecule has 1 aromatic carbocycles. The van der Waals surface area contributed by atoms with E-state index in [1.54, 1.807) is 7.11 Å². The van der Waals surface area contributed by atoms with Crippen molar-refractivity contribution in [1.82, 2.24) is 0 Å². The van der Waals surface area contributed by atoms with Gasteiger partial charge >= 0.3 is 103 Å². The summed E-state index contributed by atoms with van der Waals surface area (Å²) in [5.41, 5.74) is 2.78. The van der Waals surface area contributed by atoms with Crippen LogP contribution in [0.5, 0.6) is 5.75 Å². The van der Waals surface area contributed by atoms with Gasteiger partial charge in [-0.15, -0.1) is 0 Å². The molecule has 0 heterocycles. The topological polar surface area (TPSA) is 9.23 Å². The Morgan fingerprint density at radius 1 is 1.47 bits per heavy atom. The molecule has 1 unspecified atom stereocenters. The van der Waals surface area contributed by atoms with Crippen LogP contribution < -0.4 is 4.74 Å². The van der Waals surface area contributed by atoms with Crippen LogP contribution in [0.3, 0.4) is 0 Å². The van der Waals surface area contributed by atoms with E-state index in [0.29, 0.717) is 0 Å². The van der Waals surface area contributed by atoms with Crippen LogP contribution in [0, 0.1) is 5.92 Å². The van der Waals surface area contributed by atoms with Crippen molar-refractivity contribution < 1.29 is 24.1 Å². The van der Waals surface area contributed by atoms with Crippen LogP contribution in [-0.4, -0.2) is 11.5 Å². The summed E-state index contributed by atoms with van der Waals surface area (Å²) in [5, 5.41) is 0. The van der Waals surface area contributed by atoms with Crippen LogP contribution in [-0.2, 0) is 25.8 Å². The molecule has 0 N–H and O–H groups in total. The average Bonchev–Trinajstić information content (AvgIpc) is 2.29. The molecule has 1 aromatic rings. The molecule has 2 heteroatoms. The second kappa shape index (κ2) is 6.22. The zero-order valence-electron chi connectivity index (χ0n) is 9.62. The number of methoxy groups -OCH3 is 1. The van der Waals surface area contributed by atoms with Crippen molar-refractivity contribution in [3.63, 3.8) is 0 Å². The van der Waals surface area contributed by atoms with Gasteiger partial charge in [0.25, 0.3) is 0 Å². The van der Waals surface area contributed by atoms with Crippen molar-refractivity contribution in [2.24, 2.45) is 5.92 Å². The Balaban J connectivity index is 2.92. The van der Waals surface area contributed by atoms with Gasteiger partial charge in [-0.05, 0) is 0 Å². The molecule has 0 bridgehead atoms. The van der Waals surface area contributed by atoms with Crippen molar-refractivity contribution in [2.45, 2.75) is 26.7 Å². The van der Waals surface area contributed by atoms with Crippen molar-refractivity contribution >= 4 is 4.40 Å². The Morgan fingerprint density at radius 3 is 2.73 bits per heavy atom. The molecular formula is C13H18OW. The minimum absolute atomic E-state index is 0.757. The van der Waals surface area contributed by atoms with Crippen molar-refractivity contribution in [3.8, 4) is 5.75 Å². The SMILES string of the molecule is CCC(C)Cc1ccc(OC)cc1[CH]=[W]. The third kappa shape index (κ3) is 3.57. The first kappa shape index (κ1) is 12.6. The fourth-order valence-corrected chi connectivity index (χ4v) is 2.30. The molecule has 0 radical (unpaired) electrons. The van der Waals surface area contributed by atoms with E-state index in [-0.39, 0.29) is 0 Å². The van der Waals surface area contributed by atoms with E-state index >= 15 is 0 Å². The summed E-state index contributed by atoms with van der Waals surface area (Å²) in [5.74, 6) is 1.71. The molecule has 0 aliphatic carbocycles. The third-order valence-electron chi connectivity index (χ3n) is 2.75. The normalized spacial score (nSPS) is 12.2. The first-order valence-corrected chi connectivity index (χ1v) is 7.02. The molecule has 1 rings (SSSR count). The van der Waals surface area contributed by atoms with Gasteiger partial charge < -0.3 is 0 Å². The predicted octanol–water partition coefficient (Wildman–Crippen LogP) is 2.98. The van der Waals surface area contributed by atoms with Crippen LogP contribution in [0.15, 0.2) is 18.2 Å². The summed E-state index contributed by atoms with van der Waals surface area (Å²) in [6.45, 7) is 4.55. The van der Waals surface area contributed by atoms with Crippen LogP contribution in [0.2, 0.25) is 0 Å².